The normalized spacial score (nSPS) is 17.8. The number of carbonyl (C=O) groups is 2. The average molecular weight is 443 g/mol. The molecule has 1 aromatic carbocycles. The molecular formula is C18H19F2N3O4S2. The van der Waals surface area contributed by atoms with Crippen LogP contribution in [0.3, 0.4) is 0 Å². The number of carbonyl (C=O) groups excluding carboxylic acids is 2. The highest BCUT2D eigenvalue weighted by Gasteiger charge is 2.34. The number of primary amides is 1. The number of nitrogens with zero attached hydrogens (tertiary/aromatic N) is 1. The smallest absolute Gasteiger partial charge is 0.252 e. The van der Waals surface area contributed by atoms with Crippen LogP contribution in [-0.2, 0) is 14.8 Å². The summed E-state index contributed by atoms with van der Waals surface area (Å²) in [5.74, 6) is -4.63. The highest BCUT2D eigenvalue weighted by Crippen LogP contribution is 2.29. The summed E-state index contributed by atoms with van der Waals surface area (Å²) in [4.78, 5) is 24.7. The molecule has 2 heterocycles. The fourth-order valence-corrected chi connectivity index (χ4v) is 6.08. The van der Waals surface area contributed by atoms with Gasteiger partial charge in [-0.1, -0.05) is 0 Å². The van der Waals surface area contributed by atoms with Crippen LogP contribution in [-0.4, -0.2) is 37.6 Å². The number of thiophene rings is 1. The van der Waals surface area contributed by atoms with E-state index in [2.05, 4.69) is 5.32 Å². The number of hydrogen-bond acceptors (Lipinski definition) is 5. The lowest BCUT2D eigenvalue weighted by atomic mass is 9.98. The zero-order valence-corrected chi connectivity index (χ0v) is 17.1. The average Bonchev–Trinajstić information content (AvgIpc) is 3.11. The van der Waals surface area contributed by atoms with E-state index in [1.807, 2.05) is 0 Å². The van der Waals surface area contributed by atoms with Crippen molar-refractivity contribution in [1.29, 1.82) is 0 Å². The molecule has 1 atom stereocenters. The molecule has 1 aliphatic rings. The first-order chi connectivity index (χ1) is 13.6. The number of rotatable bonds is 5. The fourth-order valence-electron chi connectivity index (χ4n) is 3.12. The summed E-state index contributed by atoms with van der Waals surface area (Å²) in [7, 11) is -3.73. The lowest BCUT2D eigenvalue weighted by Crippen LogP contribution is -2.43. The van der Waals surface area contributed by atoms with Crippen molar-refractivity contribution in [3.63, 3.8) is 0 Å². The number of anilines is 1. The predicted molar refractivity (Wildman–Crippen MR) is 104 cm³/mol. The molecule has 1 aromatic heterocycles. The Morgan fingerprint density at radius 1 is 1.24 bits per heavy atom. The number of benzene rings is 1. The molecule has 2 amide bonds. The topological polar surface area (TPSA) is 110 Å². The standard InChI is InChI=1S/C18H19F2N3O4S2/c1-10-4-5-16(28-10)29(26,27)23-6-2-3-11(9-23)18(25)22-15-7-12(17(21)24)13(19)8-14(15)20/h4-5,7-8,11H,2-3,6,9H2,1H3,(H2,21,24)(H,22,25). The van der Waals surface area contributed by atoms with Crippen LogP contribution in [0.1, 0.15) is 28.1 Å². The molecule has 0 bridgehead atoms. The summed E-state index contributed by atoms with van der Waals surface area (Å²) in [5, 5.41) is 2.31. The second kappa shape index (κ2) is 8.17. The van der Waals surface area contributed by atoms with Gasteiger partial charge in [0.2, 0.25) is 5.91 Å². The first-order valence-electron chi connectivity index (χ1n) is 8.76. The molecule has 1 unspecified atom stereocenters. The number of halogens is 2. The summed E-state index contributed by atoms with van der Waals surface area (Å²) >= 11 is 1.15. The third kappa shape index (κ3) is 4.46. The van der Waals surface area contributed by atoms with Crippen LogP contribution in [0.5, 0.6) is 0 Å². The molecular weight excluding hydrogens is 424 g/mol. The molecule has 1 fully saturated rings. The van der Waals surface area contributed by atoms with Crippen LogP contribution in [0.4, 0.5) is 14.5 Å². The molecule has 1 saturated heterocycles. The molecule has 2 aromatic rings. The number of nitrogens with one attached hydrogen (secondary N) is 1. The van der Waals surface area contributed by atoms with Crippen LogP contribution in [0.25, 0.3) is 0 Å². The van der Waals surface area contributed by atoms with Gasteiger partial charge in [-0.25, -0.2) is 17.2 Å². The Labute approximate surface area is 170 Å². The third-order valence-electron chi connectivity index (χ3n) is 4.64. The lowest BCUT2D eigenvalue weighted by Gasteiger charge is -2.30. The molecule has 0 saturated carbocycles. The highest BCUT2D eigenvalue weighted by atomic mass is 32.2. The molecule has 3 rings (SSSR count). The van der Waals surface area contributed by atoms with Crippen molar-refractivity contribution in [1.82, 2.24) is 4.31 Å². The van der Waals surface area contributed by atoms with Crippen molar-refractivity contribution < 1.29 is 26.8 Å². The second-order valence-electron chi connectivity index (χ2n) is 6.73. The highest BCUT2D eigenvalue weighted by molar-refractivity contribution is 7.91. The van der Waals surface area contributed by atoms with Gasteiger partial charge in [0, 0.05) is 24.0 Å². The Hall–Kier alpha value is -2.37. The maximum absolute atomic E-state index is 14.0. The van der Waals surface area contributed by atoms with Gasteiger partial charge in [-0.05, 0) is 38.0 Å². The van der Waals surface area contributed by atoms with Gasteiger partial charge in [0.25, 0.3) is 15.9 Å². The first kappa shape index (κ1) is 21.3. The van der Waals surface area contributed by atoms with Crippen LogP contribution in [0, 0.1) is 24.5 Å². The van der Waals surface area contributed by atoms with Crippen LogP contribution >= 0.6 is 11.3 Å². The number of aryl methyl sites for hydroxylation is 1. The maximum Gasteiger partial charge on any atom is 0.252 e. The Morgan fingerprint density at radius 2 is 1.97 bits per heavy atom. The van der Waals surface area contributed by atoms with Crippen molar-refractivity contribution in [2.75, 3.05) is 18.4 Å². The summed E-state index contributed by atoms with van der Waals surface area (Å²) in [6.07, 6.45) is 0.868. The molecule has 7 nitrogen and oxygen atoms in total. The van der Waals surface area contributed by atoms with E-state index >= 15 is 0 Å². The van der Waals surface area contributed by atoms with Crippen LogP contribution in [0.2, 0.25) is 0 Å². The molecule has 29 heavy (non-hydrogen) atoms. The second-order valence-corrected chi connectivity index (χ2v) is 10.2. The fraction of sp³-hybridized carbons (Fsp3) is 0.333. The van der Waals surface area contributed by atoms with Crippen LogP contribution in [0.15, 0.2) is 28.5 Å². The zero-order valence-electron chi connectivity index (χ0n) is 15.4. The van der Waals surface area contributed by atoms with Gasteiger partial charge in [0.05, 0.1) is 17.2 Å². The van der Waals surface area contributed by atoms with E-state index < -0.39 is 45.0 Å². The molecule has 3 N–H and O–H groups in total. The number of piperidine rings is 1. The van der Waals surface area contributed by atoms with Crippen molar-refractivity contribution in [2.24, 2.45) is 11.7 Å². The van der Waals surface area contributed by atoms with Crippen molar-refractivity contribution in [2.45, 2.75) is 24.0 Å². The predicted octanol–water partition coefficient (Wildman–Crippen LogP) is 2.47. The Morgan fingerprint density at radius 3 is 2.59 bits per heavy atom. The van der Waals surface area contributed by atoms with E-state index in [4.69, 9.17) is 5.73 Å². The quantitative estimate of drug-likeness (QED) is 0.740. The van der Waals surface area contributed by atoms with Gasteiger partial charge in [-0.2, -0.15) is 4.31 Å². The van der Waals surface area contributed by atoms with Gasteiger partial charge in [0.15, 0.2) is 0 Å². The van der Waals surface area contributed by atoms with Gasteiger partial charge in [-0.15, -0.1) is 11.3 Å². The monoisotopic (exact) mass is 443 g/mol. The van der Waals surface area contributed by atoms with E-state index in [-0.39, 0.29) is 23.0 Å². The largest absolute Gasteiger partial charge is 0.366 e. The van der Waals surface area contributed by atoms with E-state index in [1.54, 1.807) is 13.0 Å². The number of nitrogens with two attached hydrogens (primary N) is 1. The molecule has 11 heteroatoms. The summed E-state index contributed by atoms with van der Waals surface area (Å²) < 4.78 is 54.6. The molecule has 0 spiro atoms. The zero-order chi connectivity index (χ0) is 21.3. The molecule has 0 aliphatic carbocycles. The van der Waals surface area contributed by atoms with Gasteiger partial charge < -0.3 is 11.1 Å². The van der Waals surface area contributed by atoms with E-state index in [0.29, 0.717) is 18.9 Å². The Kier molecular flexibility index (Phi) is 6.01. The van der Waals surface area contributed by atoms with E-state index in [0.717, 1.165) is 22.3 Å². The SMILES string of the molecule is Cc1ccc(S(=O)(=O)N2CCCC(C(=O)Nc3cc(C(N)=O)c(F)cc3F)C2)s1. The molecule has 0 radical (unpaired) electrons. The molecule has 156 valence electrons. The minimum atomic E-state index is -3.73. The summed E-state index contributed by atoms with van der Waals surface area (Å²) in [6, 6.07) is 4.53. The maximum atomic E-state index is 14.0. The van der Waals surface area contributed by atoms with Crippen molar-refractivity contribution in [3.05, 3.63) is 46.3 Å². The van der Waals surface area contributed by atoms with Gasteiger partial charge >= 0.3 is 0 Å². The lowest BCUT2D eigenvalue weighted by molar-refractivity contribution is -0.120. The van der Waals surface area contributed by atoms with Crippen molar-refractivity contribution in [3.8, 4) is 0 Å². The first-order valence-corrected chi connectivity index (χ1v) is 11.0. The van der Waals surface area contributed by atoms with Crippen molar-refractivity contribution >= 4 is 38.9 Å². The molecule has 1 aliphatic heterocycles. The number of sulfonamides is 1. The van der Waals surface area contributed by atoms with E-state index in [9.17, 15) is 26.8 Å². The van der Waals surface area contributed by atoms with E-state index in [1.165, 1.54) is 10.4 Å². The minimum absolute atomic E-state index is 0.0589. The number of amides is 2. The Balaban J connectivity index is 1.77. The summed E-state index contributed by atoms with van der Waals surface area (Å²) in [5.41, 5.74) is 4.10. The summed E-state index contributed by atoms with van der Waals surface area (Å²) in [6.45, 7) is 2.02. The number of hydrogen-bond donors (Lipinski definition) is 2. The Bertz CT molecular complexity index is 1070. The minimum Gasteiger partial charge on any atom is -0.366 e. The van der Waals surface area contributed by atoms with Gasteiger partial charge in [-0.3, -0.25) is 9.59 Å². The van der Waals surface area contributed by atoms with Gasteiger partial charge in [0.1, 0.15) is 15.8 Å². The van der Waals surface area contributed by atoms with Crippen LogP contribution < -0.4 is 11.1 Å². The third-order valence-corrected chi connectivity index (χ3v) is 7.98.